The van der Waals surface area contributed by atoms with Crippen molar-refractivity contribution in [3.63, 3.8) is 0 Å². The van der Waals surface area contributed by atoms with Crippen LogP contribution in [0.5, 0.6) is 11.6 Å². The van der Waals surface area contributed by atoms with Crippen molar-refractivity contribution in [2.75, 3.05) is 5.32 Å². The van der Waals surface area contributed by atoms with Crippen molar-refractivity contribution < 1.29 is 9.53 Å². The van der Waals surface area contributed by atoms with E-state index in [4.69, 9.17) is 4.74 Å². The molecule has 3 rings (SSSR count). The first kappa shape index (κ1) is 14.6. The zero-order valence-corrected chi connectivity index (χ0v) is 13.5. The Morgan fingerprint density at radius 3 is 2.82 bits per heavy atom. The third-order valence-electron chi connectivity index (χ3n) is 2.60. The maximum Gasteiger partial charge on any atom is 0.269 e. The normalized spacial score (nSPS) is 10.2. The monoisotopic (exact) mass is 376 g/mol. The molecule has 0 bridgehead atoms. The number of aromatic nitrogens is 3. The molecule has 0 fully saturated rings. The van der Waals surface area contributed by atoms with Crippen molar-refractivity contribution in [1.82, 2.24) is 14.6 Å². The van der Waals surface area contributed by atoms with Gasteiger partial charge in [0.05, 0.1) is 18.1 Å². The lowest BCUT2D eigenvalue weighted by Crippen LogP contribution is -2.10. The molecule has 0 saturated heterocycles. The number of hydrogen-bond donors (Lipinski definition) is 1. The van der Waals surface area contributed by atoms with Crippen molar-refractivity contribution in [3.8, 4) is 11.6 Å². The maximum absolute atomic E-state index is 11.8. The van der Waals surface area contributed by atoms with Gasteiger partial charge in [0, 0.05) is 10.5 Å². The third kappa shape index (κ3) is 3.66. The van der Waals surface area contributed by atoms with Crippen LogP contribution >= 0.6 is 27.5 Å². The van der Waals surface area contributed by atoms with Crippen molar-refractivity contribution in [1.29, 1.82) is 0 Å². The van der Waals surface area contributed by atoms with Gasteiger partial charge in [0.25, 0.3) is 5.91 Å². The predicted octanol–water partition coefficient (Wildman–Crippen LogP) is 3.74. The van der Waals surface area contributed by atoms with E-state index in [0.29, 0.717) is 22.2 Å². The average Bonchev–Trinajstić information content (AvgIpc) is 3.04. The molecule has 8 heteroatoms. The Kier molecular flexibility index (Phi) is 4.40. The van der Waals surface area contributed by atoms with Crippen molar-refractivity contribution >= 4 is 39.1 Å². The Morgan fingerprint density at radius 1 is 1.23 bits per heavy atom. The quantitative estimate of drug-likeness (QED) is 0.750. The van der Waals surface area contributed by atoms with Crippen LogP contribution in [0.2, 0.25) is 0 Å². The highest BCUT2D eigenvalue weighted by Crippen LogP contribution is 2.23. The molecular weight excluding hydrogens is 368 g/mol. The molecule has 2 heterocycles. The van der Waals surface area contributed by atoms with E-state index in [0.717, 1.165) is 16.0 Å². The molecule has 0 unspecified atom stereocenters. The highest BCUT2D eigenvalue weighted by Gasteiger charge is 2.09. The smallest absolute Gasteiger partial charge is 0.269 e. The molecule has 2 aromatic heterocycles. The first-order valence-electron chi connectivity index (χ1n) is 6.19. The number of anilines is 1. The number of carbonyl (C=O) groups is 1. The van der Waals surface area contributed by atoms with E-state index in [1.165, 1.54) is 12.4 Å². The molecule has 0 spiro atoms. The summed E-state index contributed by atoms with van der Waals surface area (Å²) in [6.07, 6.45) is 2.94. The standard InChI is InChI=1S/C14H9BrN4O2S/c15-9-2-1-3-11(6-9)21-13-5-4-10(7-16-13)18-14(20)12-8-17-19-22-12/h1-8H,(H,18,20). The van der Waals surface area contributed by atoms with Crippen LogP contribution in [0.1, 0.15) is 9.67 Å². The number of amides is 1. The molecule has 1 amide bonds. The van der Waals surface area contributed by atoms with E-state index in [1.807, 2.05) is 24.3 Å². The average molecular weight is 377 g/mol. The Morgan fingerprint density at radius 2 is 2.14 bits per heavy atom. The van der Waals surface area contributed by atoms with Gasteiger partial charge in [0.15, 0.2) is 0 Å². The molecule has 110 valence electrons. The second-order valence-electron chi connectivity index (χ2n) is 4.18. The van der Waals surface area contributed by atoms with Crippen LogP contribution in [0, 0.1) is 0 Å². The van der Waals surface area contributed by atoms with E-state index < -0.39 is 0 Å². The molecular formula is C14H9BrN4O2S. The SMILES string of the molecule is O=C(Nc1ccc(Oc2cccc(Br)c2)nc1)c1cnns1. The Bertz CT molecular complexity index is 778. The van der Waals surface area contributed by atoms with Gasteiger partial charge < -0.3 is 10.1 Å². The van der Waals surface area contributed by atoms with Crippen molar-refractivity contribution in [3.05, 3.63) is 58.1 Å². The Hall–Kier alpha value is -2.32. The topological polar surface area (TPSA) is 77.0 Å². The summed E-state index contributed by atoms with van der Waals surface area (Å²) in [5, 5.41) is 6.33. The summed E-state index contributed by atoms with van der Waals surface area (Å²) in [6, 6.07) is 10.9. The summed E-state index contributed by atoms with van der Waals surface area (Å²) in [5.74, 6) is 0.849. The Balaban J connectivity index is 1.66. The van der Waals surface area contributed by atoms with Crippen LogP contribution in [-0.2, 0) is 0 Å². The van der Waals surface area contributed by atoms with Gasteiger partial charge in [-0.1, -0.05) is 26.5 Å². The summed E-state index contributed by atoms with van der Waals surface area (Å²) in [5.41, 5.74) is 0.569. The van der Waals surface area contributed by atoms with Crippen molar-refractivity contribution in [2.24, 2.45) is 0 Å². The Labute approximate surface area is 138 Å². The second kappa shape index (κ2) is 6.63. The number of ether oxygens (including phenoxy) is 1. The number of pyridine rings is 1. The van der Waals surface area contributed by atoms with Gasteiger partial charge in [-0.3, -0.25) is 4.79 Å². The molecule has 3 aromatic rings. The van der Waals surface area contributed by atoms with E-state index in [1.54, 1.807) is 12.1 Å². The predicted molar refractivity (Wildman–Crippen MR) is 86.3 cm³/mol. The lowest BCUT2D eigenvalue weighted by Gasteiger charge is -2.06. The molecule has 1 N–H and O–H groups in total. The van der Waals surface area contributed by atoms with Gasteiger partial charge in [-0.15, -0.1) is 5.10 Å². The molecule has 0 saturated carbocycles. The largest absolute Gasteiger partial charge is 0.439 e. The van der Waals surface area contributed by atoms with Gasteiger partial charge in [-0.25, -0.2) is 4.98 Å². The van der Waals surface area contributed by atoms with Gasteiger partial charge in [-0.2, -0.15) is 0 Å². The lowest BCUT2D eigenvalue weighted by molar-refractivity contribution is 0.103. The molecule has 22 heavy (non-hydrogen) atoms. The zero-order valence-electron chi connectivity index (χ0n) is 11.1. The fraction of sp³-hybridized carbons (Fsp3) is 0. The van der Waals surface area contributed by atoms with Crippen LogP contribution in [0.15, 0.2) is 53.3 Å². The summed E-state index contributed by atoms with van der Waals surface area (Å²) in [4.78, 5) is 16.4. The highest BCUT2D eigenvalue weighted by atomic mass is 79.9. The number of halogens is 1. The molecule has 6 nitrogen and oxygen atoms in total. The maximum atomic E-state index is 11.8. The molecule has 0 aliphatic heterocycles. The summed E-state index contributed by atoms with van der Waals surface area (Å²) in [6.45, 7) is 0. The highest BCUT2D eigenvalue weighted by molar-refractivity contribution is 9.10. The molecule has 0 atom stereocenters. The minimum atomic E-state index is -0.266. The second-order valence-corrected chi connectivity index (χ2v) is 5.88. The molecule has 1 aromatic carbocycles. The van der Waals surface area contributed by atoms with Crippen LogP contribution in [0.4, 0.5) is 5.69 Å². The fourth-order valence-corrected chi connectivity index (χ4v) is 2.41. The van der Waals surface area contributed by atoms with E-state index in [9.17, 15) is 4.79 Å². The lowest BCUT2D eigenvalue weighted by atomic mass is 10.3. The minimum absolute atomic E-state index is 0.266. The summed E-state index contributed by atoms with van der Waals surface area (Å²) < 4.78 is 10.2. The number of hydrogen-bond acceptors (Lipinski definition) is 6. The number of carbonyl (C=O) groups excluding carboxylic acids is 1. The van der Waals surface area contributed by atoms with Crippen LogP contribution in [0.3, 0.4) is 0 Å². The van der Waals surface area contributed by atoms with E-state index in [-0.39, 0.29) is 5.91 Å². The van der Waals surface area contributed by atoms with Crippen LogP contribution in [0.25, 0.3) is 0 Å². The van der Waals surface area contributed by atoms with Gasteiger partial charge in [0.1, 0.15) is 10.6 Å². The molecule has 0 aliphatic carbocycles. The molecule has 0 radical (unpaired) electrons. The fourth-order valence-electron chi connectivity index (χ4n) is 1.63. The number of nitrogens with zero attached hydrogens (tertiary/aromatic N) is 3. The summed E-state index contributed by atoms with van der Waals surface area (Å²) >= 11 is 4.41. The van der Waals surface area contributed by atoms with E-state index in [2.05, 4.69) is 35.8 Å². The van der Waals surface area contributed by atoms with Crippen LogP contribution in [-0.4, -0.2) is 20.5 Å². The van der Waals surface area contributed by atoms with Gasteiger partial charge in [0.2, 0.25) is 5.88 Å². The molecule has 0 aliphatic rings. The van der Waals surface area contributed by atoms with Gasteiger partial charge >= 0.3 is 0 Å². The van der Waals surface area contributed by atoms with Crippen LogP contribution < -0.4 is 10.1 Å². The number of nitrogens with one attached hydrogen (secondary N) is 1. The van der Waals surface area contributed by atoms with Crippen molar-refractivity contribution in [2.45, 2.75) is 0 Å². The van der Waals surface area contributed by atoms with Gasteiger partial charge in [-0.05, 0) is 35.8 Å². The number of rotatable bonds is 4. The first-order valence-corrected chi connectivity index (χ1v) is 7.75. The zero-order chi connectivity index (χ0) is 15.4. The minimum Gasteiger partial charge on any atom is -0.439 e. The van der Waals surface area contributed by atoms with E-state index >= 15 is 0 Å². The third-order valence-corrected chi connectivity index (χ3v) is 3.75. The summed E-state index contributed by atoms with van der Waals surface area (Å²) in [7, 11) is 0. The first-order chi connectivity index (χ1) is 10.7. The number of benzene rings is 1.